The zero-order valence-electron chi connectivity index (χ0n) is 17.5. The zero-order valence-corrected chi connectivity index (χ0v) is 17.5. The van der Waals surface area contributed by atoms with E-state index < -0.39 is 17.7 Å². The van der Waals surface area contributed by atoms with Crippen molar-refractivity contribution in [3.63, 3.8) is 0 Å². The van der Waals surface area contributed by atoms with Gasteiger partial charge in [0, 0.05) is 31.7 Å². The predicted molar refractivity (Wildman–Crippen MR) is 116 cm³/mol. The largest absolute Gasteiger partial charge is 0.508 e. The molecule has 7 heteroatoms. The standard InChI is InChI=1S/C24H26N2O5/c1-16-5-7-17(8-6-16)22(28)20-21(18-3-2-4-19(27)15-18)26(24(30)23(20)29)10-9-25-11-13-31-14-12-25/h2-8,15,21,27-28H,9-14H2,1H3/t21-/m0/s1. The van der Waals surface area contributed by atoms with Crippen LogP contribution < -0.4 is 0 Å². The van der Waals surface area contributed by atoms with E-state index in [1.807, 2.05) is 19.1 Å². The van der Waals surface area contributed by atoms with Crippen LogP contribution in [0.3, 0.4) is 0 Å². The average molecular weight is 422 g/mol. The van der Waals surface area contributed by atoms with Crippen molar-refractivity contribution in [2.24, 2.45) is 0 Å². The van der Waals surface area contributed by atoms with Gasteiger partial charge in [0.1, 0.15) is 11.5 Å². The number of Topliss-reactive ketones (excluding diaryl/α,β-unsaturated/α-hetero) is 1. The summed E-state index contributed by atoms with van der Waals surface area (Å²) in [7, 11) is 0. The van der Waals surface area contributed by atoms with Gasteiger partial charge in [-0.15, -0.1) is 0 Å². The van der Waals surface area contributed by atoms with Crippen molar-refractivity contribution < 1.29 is 24.5 Å². The number of carbonyl (C=O) groups excluding carboxylic acids is 2. The van der Waals surface area contributed by atoms with E-state index in [-0.39, 0.29) is 17.1 Å². The van der Waals surface area contributed by atoms with Crippen LogP contribution in [0, 0.1) is 6.92 Å². The molecule has 0 aliphatic carbocycles. The quantitative estimate of drug-likeness (QED) is 0.437. The Morgan fingerprint density at radius 1 is 1.06 bits per heavy atom. The molecule has 31 heavy (non-hydrogen) atoms. The molecule has 0 radical (unpaired) electrons. The molecular formula is C24H26N2O5. The molecule has 0 bridgehead atoms. The van der Waals surface area contributed by atoms with Crippen LogP contribution in [-0.4, -0.2) is 71.1 Å². The number of rotatable bonds is 5. The number of aliphatic hydroxyl groups is 1. The fourth-order valence-corrected chi connectivity index (χ4v) is 4.09. The third kappa shape index (κ3) is 4.33. The molecule has 7 nitrogen and oxygen atoms in total. The number of benzene rings is 2. The van der Waals surface area contributed by atoms with E-state index >= 15 is 0 Å². The van der Waals surface area contributed by atoms with Crippen molar-refractivity contribution in [2.75, 3.05) is 39.4 Å². The molecule has 0 saturated carbocycles. The molecule has 2 aromatic rings. The van der Waals surface area contributed by atoms with Crippen molar-refractivity contribution in [2.45, 2.75) is 13.0 Å². The summed E-state index contributed by atoms with van der Waals surface area (Å²) in [6, 6.07) is 12.8. The Balaban J connectivity index is 1.73. The molecule has 2 saturated heterocycles. The monoisotopic (exact) mass is 422 g/mol. The first-order valence-corrected chi connectivity index (χ1v) is 10.4. The molecule has 2 N–H and O–H groups in total. The Morgan fingerprint density at radius 2 is 1.77 bits per heavy atom. The second-order valence-corrected chi connectivity index (χ2v) is 7.91. The summed E-state index contributed by atoms with van der Waals surface area (Å²) in [5, 5.41) is 21.0. The molecular weight excluding hydrogens is 396 g/mol. The van der Waals surface area contributed by atoms with Gasteiger partial charge in [0.15, 0.2) is 0 Å². The fraction of sp³-hybridized carbons (Fsp3) is 0.333. The van der Waals surface area contributed by atoms with Gasteiger partial charge in [-0.25, -0.2) is 0 Å². The van der Waals surface area contributed by atoms with Crippen LogP contribution in [0.1, 0.15) is 22.7 Å². The highest BCUT2D eigenvalue weighted by Crippen LogP contribution is 2.40. The van der Waals surface area contributed by atoms with Crippen LogP contribution in [0.4, 0.5) is 0 Å². The summed E-state index contributed by atoms with van der Waals surface area (Å²) in [5.41, 5.74) is 2.12. The number of amides is 1. The minimum absolute atomic E-state index is 0.0339. The van der Waals surface area contributed by atoms with Gasteiger partial charge in [-0.1, -0.05) is 42.0 Å². The number of likely N-dealkylation sites (tertiary alicyclic amines) is 1. The predicted octanol–water partition coefficient (Wildman–Crippen LogP) is 2.45. The van der Waals surface area contributed by atoms with E-state index in [2.05, 4.69) is 4.90 Å². The van der Waals surface area contributed by atoms with Gasteiger partial charge >= 0.3 is 0 Å². The van der Waals surface area contributed by atoms with Crippen molar-refractivity contribution in [3.05, 3.63) is 70.8 Å². The summed E-state index contributed by atoms with van der Waals surface area (Å²) in [5.74, 6) is -1.53. The van der Waals surface area contributed by atoms with Crippen LogP contribution in [0.5, 0.6) is 5.75 Å². The lowest BCUT2D eigenvalue weighted by molar-refractivity contribution is -0.140. The lowest BCUT2D eigenvalue weighted by Gasteiger charge is -2.31. The topological polar surface area (TPSA) is 90.3 Å². The van der Waals surface area contributed by atoms with E-state index in [1.165, 1.54) is 17.0 Å². The van der Waals surface area contributed by atoms with Gasteiger partial charge in [0.05, 0.1) is 24.8 Å². The van der Waals surface area contributed by atoms with Gasteiger partial charge in [0.25, 0.3) is 11.7 Å². The van der Waals surface area contributed by atoms with E-state index in [9.17, 15) is 19.8 Å². The smallest absolute Gasteiger partial charge is 0.295 e. The molecule has 2 aromatic carbocycles. The molecule has 162 valence electrons. The minimum atomic E-state index is -0.769. The lowest BCUT2D eigenvalue weighted by Crippen LogP contribution is -2.42. The number of nitrogens with zero attached hydrogens (tertiary/aromatic N) is 2. The second-order valence-electron chi connectivity index (χ2n) is 7.91. The van der Waals surface area contributed by atoms with Gasteiger partial charge in [-0.2, -0.15) is 0 Å². The van der Waals surface area contributed by atoms with Crippen molar-refractivity contribution in [1.82, 2.24) is 9.80 Å². The minimum Gasteiger partial charge on any atom is -0.508 e. The number of morpholine rings is 1. The molecule has 4 rings (SSSR count). The maximum atomic E-state index is 13.0. The van der Waals surface area contributed by atoms with E-state index in [1.54, 1.807) is 24.3 Å². The summed E-state index contributed by atoms with van der Waals surface area (Å²) in [6.45, 7) is 5.67. The first-order chi connectivity index (χ1) is 15.0. The highest BCUT2D eigenvalue weighted by atomic mass is 16.5. The van der Waals surface area contributed by atoms with Gasteiger partial charge in [-0.3, -0.25) is 14.5 Å². The number of ketones is 1. The first-order valence-electron chi connectivity index (χ1n) is 10.4. The molecule has 0 unspecified atom stereocenters. The Morgan fingerprint density at radius 3 is 2.45 bits per heavy atom. The number of aliphatic hydroxyl groups excluding tert-OH is 1. The number of aromatic hydroxyl groups is 1. The molecule has 0 aromatic heterocycles. The van der Waals surface area contributed by atoms with E-state index in [0.717, 1.165) is 18.7 Å². The van der Waals surface area contributed by atoms with Crippen LogP contribution in [0.25, 0.3) is 5.76 Å². The summed E-state index contributed by atoms with van der Waals surface area (Å²) in [6.07, 6.45) is 0. The van der Waals surface area contributed by atoms with Crippen LogP contribution in [-0.2, 0) is 14.3 Å². The molecule has 2 aliphatic rings. The Hall–Kier alpha value is -3.16. The van der Waals surface area contributed by atoms with E-state index in [0.29, 0.717) is 37.4 Å². The molecule has 0 spiro atoms. The number of ether oxygens (including phenoxy) is 1. The summed E-state index contributed by atoms with van der Waals surface area (Å²) in [4.78, 5) is 29.7. The van der Waals surface area contributed by atoms with E-state index in [4.69, 9.17) is 4.74 Å². The van der Waals surface area contributed by atoms with Crippen molar-refractivity contribution in [3.8, 4) is 5.75 Å². The highest BCUT2D eigenvalue weighted by Gasteiger charge is 2.46. The molecule has 2 aliphatic heterocycles. The van der Waals surface area contributed by atoms with Crippen molar-refractivity contribution >= 4 is 17.4 Å². The number of hydrogen-bond acceptors (Lipinski definition) is 6. The Labute approximate surface area is 181 Å². The fourth-order valence-electron chi connectivity index (χ4n) is 4.09. The number of hydrogen-bond donors (Lipinski definition) is 2. The molecule has 1 amide bonds. The third-order valence-electron chi connectivity index (χ3n) is 5.81. The number of aryl methyl sites for hydroxylation is 1. The molecule has 2 heterocycles. The third-order valence-corrected chi connectivity index (χ3v) is 5.81. The number of carbonyl (C=O) groups is 2. The van der Waals surface area contributed by atoms with Crippen LogP contribution in [0.15, 0.2) is 54.1 Å². The van der Waals surface area contributed by atoms with Gasteiger partial charge < -0.3 is 19.8 Å². The van der Waals surface area contributed by atoms with Crippen LogP contribution >= 0.6 is 0 Å². The van der Waals surface area contributed by atoms with Gasteiger partial charge in [-0.05, 0) is 24.6 Å². The number of phenolic OH excluding ortho intramolecular Hbond substituents is 1. The van der Waals surface area contributed by atoms with Crippen molar-refractivity contribution in [1.29, 1.82) is 0 Å². The summed E-state index contributed by atoms with van der Waals surface area (Å²) >= 11 is 0. The van der Waals surface area contributed by atoms with Gasteiger partial charge in [0.2, 0.25) is 0 Å². The zero-order chi connectivity index (χ0) is 22.0. The summed E-state index contributed by atoms with van der Waals surface area (Å²) < 4.78 is 5.37. The Bertz CT molecular complexity index is 1010. The number of phenols is 1. The SMILES string of the molecule is Cc1ccc(C(O)=C2C(=O)C(=O)N(CCN3CCOCC3)[C@H]2c2cccc(O)c2)cc1. The lowest BCUT2D eigenvalue weighted by atomic mass is 9.95. The maximum absolute atomic E-state index is 13.0. The highest BCUT2D eigenvalue weighted by molar-refractivity contribution is 6.46. The molecule has 1 atom stereocenters. The average Bonchev–Trinajstić information content (AvgIpc) is 3.03. The first kappa shape index (κ1) is 21.1. The second kappa shape index (κ2) is 8.91. The normalized spacial score (nSPS) is 21.6. The Kier molecular flexibility index (Phi) is 6.06. The molecule has 2 fully saturated rings. The maximum Gasteiger partial charge on any atom is 0.295 e. The van der Waals surface area contributed by atoms with Crippen LogP contribution in [0.2, 0.25) is 0 Å².